The molecule has 1 aromatic rings. The smallest absolute Gasteiger partial charge is 0.322 e. The van der Waals surface area contributed by atoms with Gasteiger partial charge in [-0.25, -0.2) is 0 Å². The fourth-order valence-electron chi connectivity index (χ4n) is 0.693. The minimum Gasteiger partial charge on any atom is -0.462 e. The number of likely N-dealkylation sites (N-methyl/N-ethyl adjacent to an activating group) is 1. The van der Waals surface area contributed by atoms with Crippen molar-refractivity contribution in [1.82, 2.24) is 19.9 Å². The van der Waals surface area contributed by atoms with Crippen LogP contribution < -0.4 is 4.74 Å². The molecule has 0 aliphatic carbocycles. The molecule has 0 atom stereocenters. The number of nitrogens with zero attached hydrogens (tertiary/aromatic N) is 4. The molecule has 1 heterocycles. The van der Waals surface area contributed by atoms with Crippen molar-refractivity contribution in [3.8, 4) is 6.01 Å². The summed E-state index contributed by atoms with van der Waals surface area (Å²) in [6.45, 7) is 1.24. The maximum Gasteiger partial charge on any atom is 0.322 e. The third-order valence-corrected chi connectivity index (χ3v) is 1.67. The van der Waals surface area contributed by atoms with Gasteiger partial charge in [-0.3, -0.25) is 0 Å². The highest BCUT2D eigenvalue weighted by Gasteiger charge is 2.03. The van der Waals surface area contributed by atoms with E-state index in [-0.39, 0.29) is 16.6 Å². The van der Waals surface area contributed by atoms with E-state index in [2.05, 4.69) is 15.0 Å². The first-order chi connectivity index (χ1) is 6.58. The Morgan fingerprint density at radius 2 is 1.71 bits per heavy atom. The van der Waals surface area contributed by atoms with E-state index < -0.39 is 0 Å². The molecule has 0 saturated heterocycles. The van der Waals surface area contributed by atoms with Crippen molar-refractivity contribution >= 4 is 23.2 Å². The minimum absolute atomic E-state index is 0.0323. The molecule has 1 aromatic heterocycles. The van der Waals surface area contributed by atoms with Crippen molar-refractivity contribution in [2.24, 2.45) is 0 Å². The molecule has 1 rings (SSSR count). The van der Waals surface area contributed by atoms with Crippen LogP contribution in [0.2, 0.25) is 10.6 Å². The molecule has 5 nitrogen and oxygen atoms in total. The van der Waals surface area contributed by atoms with Crippen molar-refractivity contribution in [1.29, 1.82) is 0 Å². The summed E-state index contributed by atoms with van der Waals surface area (Å²) in [6, 6.07) is 0.150. The predicted molar refractivity (Wildman–Crippen MR) is 53.9 cm³/mol. The van der Waals surface area contributed by atoms with Gasteiger partial charge in [0.15, 0.2) is 0 Å². The normalized spacial score (nSPS) is 10.6. The lowest BCUT2D eigenvalue weighted by atomic mass is 10.6. The topological polar surface area (TPSA) is 51.1 Å². The number of hydrogen-bond donors (Lipinski definition) is 0. The summed E-state index contributed by atoms with van der Waals surface area (Å²) in [5.74, 6) is 0. The summed E-state index contributed by atoms with van der Waals surface area (Å²) < 4.78 is 5.21. The van der Waals surface area contributed by atoms with Gasteiger partial charge in [-0.05, 0) is 37.3 Å². The van der Waals surface area contributed by atoms with Crippen LogP contribution in [-0.2, 0) is 0 Å². The van der Waals surface area contributed by atoms with Gasteiger partial charge in [0.25, 0.3) is 0 Å². The molecule has 0 fully saturated rings. The highest BCUT2D eigenvalue weighted by Crippen LogP contribution is 2.10. The van der Waals surface area contributed by atoms with Gasteiger partial charge in [0, 0.05) is 6.54 Å². The Hall–Kier alpha value is -0.650. The quantitative estimate of drug-likeness (QED) is 0.785. The second-order valence-electron chi connectivity index (χ2n) is 2.81. The van der Waals surface area contributed by atoms with Crippen LogP contribution in [0, 0.1) is 0 Å². The number of halogens is 2. The van der Waals surface area contributed by atoms with E-state index in [1.807, 2.05) is 19.0 Å². The van der Waals surface area contributed by atoms with Crippen LogP contribution in [-0.4, -0.2) is 47.1 Å². The van der Waals surface area contributed by atoms with Gasteiger partial charge in [0.2, 0.25) is 10.6 Å². The fourth-order valence-corrected chi connectivity index (χ4v) is 1.04. The average Bonchev–Trinajstić information content (AvgIpc) is 2.01. The summed E-state index contributed by atoms with van der Waals surface area (Å²) >= 11 is 11.1. The zero-order valence-corrected chi connectivity index (χ0v) is 9.38. The highest BCUT2D eigenvalue weighted by atomic mass is 35.5. The molecule has 78 valence electrons. The standard InChI is InChI=1S/C7H10Cl2N4O/c1-13(2)3-4-14-7-11-5(8)10-6(9)12-7/h3-4H2,1-2H3. The van der Waals surface area contributed by atoms with Gasteiger partial charge in [-0.1, -0.05) is 0 Å². The second kappa shape index (κ2) is 5.29. The summed E-state index contributed by atoms with van der Waals surface area (Å²) in [5, 5.41) is 0.0645. The van der Waals surface area contributed by atoms with Gasteiger partial charge in [-0.15, -0.1) is 0 Å². The molecule has 0 amide bonds. The molecule has 14 heavy (non-hydrogen) atoms. The highest BCUT2D eigenvalue weighted by molar-refractivity contribution is 6.31. The molecule has 0 unspecified atom stereocenters. The van der Waals surface area contributed by atoms with Crippen LogP contribution in [0.25, 0.3) is 0 Å². The van der Waals surface area contributed by atoms with Crippen molar-refractivity contribution < 1.29 is 4.74 Å². The molecular formula is C7H10Cl2N4O. The Bertz CT molecular complexity index is 287. The first kappa shape index (κ1) is 11.4. The lowest BCUT2D eigenvalue weighted by Gasteiger charge is -2.09. The Labute approximate surface area is 92.0 Å². The second-order valence-corrected chi connectivity index (χ2v) is 3.48. The zero-order chi connectivity index (χ0) is 10.6. The molecule has 0 aliphatic rings. The maximum atomic E-state index is 5.55. The lowest BCUT2D eigenvalue weighted by Crippen LogP contribution is -2.20. The van der Waals surface area contributed by atoms with E-state index in [0.29, 0.717) is 6.61 Å². The van der Waals surface area contributed by atoms with E-state index in [9.17, 15) is 0 Å². The van der Waals surface area contributed by atoms with Crippen molar-refractivity contribution in [3.63, 3.8) is 0 Å². The molecule has 7 heteroatoms. The van der Waals surface area contributed by atoms with Gasteiger partial charge in [0.1, 0.15) is 6.61 Å². The Kier molecular flexibility index (Phi) is 4.31. The molecule has 0 aromatic carbocycles. The molecular weight excluding hydrogens is 227 g/mol. The molecule has 0 bridgehead atoms. The van der Waals surface area contributed by atoms with Crippen molar-refractivity contribution in [2.75, 3.05) is 27.2 Å². The third-order valence-electron chi connectivity index (χ3n) is 1.33. The summed E-state index contributed by atoms with van der Waals surface area (Å²) in [6.07, 6.45) is 0. The van der Waals surface area contributed by atoms with Gasteiger partial charge in [-0.2, -0.15) is 15.0 Å². The number of hydrogen-bond acceptors (Lipinski definition) is 5. The molecule has 0 N–H and O–H groups in total. The van der Waals surface area contributed by atoms with Gasteiger partial charge < -0.3 is 9.64 Å². The Morgan fingerprint density at radius 3 is 2.21 bits per heavy atom. The fraction of sp³-hybridized carbons (Fsp3) is 0.571. The average molecular weight is 237 g/mol. The van der Waals surface area contributed by atoms with Crippen LogP contribution in [0.1, 0.15) is 0 Å². The first-order valence-corrected chi connectivity index (χ1v) is 4.68. The number of rotatable bonds is 4. The van der Waals surface area contributed by atoms with E-state index in [1.165, 1.54) is 0 Å². The Morgan fingerprint density at radius 1 is 1.14 bits per heavy atom. The molecule has 0 saturated carbocycles. The van der Waals surface area contributed by atoms with E-state index in [0.717, 1.165) is 6.54 Å². The largest absolute Gasteiger partial charge is 0.462 e. The zero-order valence-electron chi connectivity index (χ0n) is 7.87. The molecule has 0 aliphatic heterocycles. The van der Waals surface area contributed by atoms with E-state index >= 15 is 0 Å². The molecule has 0 radical (unpaired) electrons. The maximum absolute atomic E-state index is 5.55. The Balaban J connectivity index is 2.50. The summed E-state index contributed by atoms with van der Waals surface area (Å²) in [4.78, 5) is 13.1. The number of ether oxygens (including phenoxy) is 1. The van der Waals surface area contributed by atoms with E-state index in [1.54, 1.807) is 0 Å². The van der Waals surface area contributed by atoms with Crippen LogP contribution in [0.5, 0.6) is 6.01 Å². The van der Waals surface area contributed by atoms with Crippen molar-refractivity contribution in [2.45, 2.75) is 0 Å². The SMILES string of the molecule is CN(C)CCOc1nc(Cl)nc(Cl)n1. The molecule has 0 spiro atoms. The summed E-state index contributed by atoms with van der Waals surface area (Å²) in [5.41, 5.74) is 0. The van der Waals surface area contributed by atoms with Crippen LogP contribution in [0.4, 0.5) is 0 Å². The van der Waals surface area contributed by atoms with Gasteiger partial charge in [0.05, 0.1) is 0 Å². The van der Waals surface area contributed by atoms with Crippen molar-refractivity contribution in [3.05, 3.63) is 10.6 Å². The van der Waals surface area contributed by atoms with Crippen LogP contribution >= 0.6 is 23.2 Å². The van der Waals surface area contributed by atoms with E-state index in [4.69, 9.17) is 27.9 Å². The van der Waals surface area contributed by atoms with Crippen LogP contribution in [0.3, 0.4) is 0 Å². The first-order valence-electron chi connectivity index (χ1n) is 3.92. The number of aromatic nitrogens is 3. The lowest BCUT2D eigenvalue weighted by molar-refractivity contribution is 0.245. The third kappa shape index (κ3) is 4.04. The van der Waals surface area contributed by atoms with Gasteiger partial charge >= 0.3 is 6.01 Å². The summed E-state index contributed by atoms with van der Waals surface area (Å²) in [7, 11) is 3.88. The monoisotopic (exact) mass is 236 g/mol. The predicted octanol–water partition coefficient (Wildman–Crippen LogP) is 1.12. The van der Waals surface area contributed by atoms with Crippen LogP contribution in [0.15, 0.2) is 0 Å². The minimum atomic E-state index is 0.0323.